The number of azo groups is 1. The Hall–Kier alpha value is -0.990. The van der Waals surface area contributed by atoms with E-state index in [2.05, 4.69) is 10.2 Å². The van der Waals surface area contributed by atoms with Crippen LogP contribution in [0.5, 0.6) is 0 Å². The topological polar surface area (TPSA) is 41.8 Å². The lowest BCUT2D eigenvalue weighted by atomic mass is 10.1. The van der Waals surface area contributed by atoms with Crippen molar-refractivity contribution >= 4 is 5.91 Å². The van der Waals surface area contributed by atoms with E-state index in [1.165, 1.54) is 0 Å². The van der Waals surface area contributed by atoms with E-state index in [9.17, 15) is 4.79 Å². The van der Waals surface area contributed by atoms with Crippen molar-refractivity contribution in [2.75, 3.05) is 0 Å². The Bertz CT molecular complexity index is 193. The fourth-order valence-corrected chi connectivity index (χ4v) is 0.686. The van der Waals surface area contributed by atoms with Crippen LogP contribution < -0.4 is 0 Å². The predicted octanol–water partition coefficient (Wildman–Crippen LogP) is 1.52. The van der Waals surface area contributed by atoms with Crippen molar-refractivity contribution in [1.29, 1.82) is 0 Å². The van der Waals surface area contributed by atoms with Gasteiger partial charge in [0.2, 0.25) is 0 Å². The van der Waals surface area contributed by atoms with E-state index in [-0.39, 0.29) is 11.8 Å². The monoisotopic (exact) mass is 124 g/mol. The lowest BCUT2D eigenvalue weighted by Crippen LogP contribution is -2.07. The van der Waals surface area contributed by atoms with Crippen LogP contribution >= 0.6 is 0 Å². The Labute approximate surface area is 53.5 Å². The maximum Gasteiger partial charge on any atom is 0.271 e. The number of carbonyl (C=O) groups is 1. The molecule has 48 valence electrons. The summed E-state index contributed by atoms with van der Waals surface area (Å²) in [4.78, 5) is 10.6. The van der Waals surface area contributed by atoms with Gasteiger partial charge in [-0.25, -0.2) is 0 Å². The molecule has 1 amide bonds. The minimum atomic E-state index is -0.152. The van der Waals surface area contributed by atoms with Gasteiger partial charge in [0.25, 0.3) is 5.91 Å². The standard InChI is InChI=1S/C6H8N2O/c1-4-3-5(2)7-8-6(4)9/h3-4H,1-2H3/t4-/m1/s1. The van der Waals surface area contributed by atoms with Crippen molar-refractivity contribution in [3.8, 4) is 0 Å². The van der Waals surface area contributed by atoms with Crippen molar-refractivity contribution in [2.45, 2.75) is 13.8 Å². The summed E-state index contributed by atoms with van der Waals surface area (Å²) in [6, 6.07) is 0. The molecule has 0 fully saturated rings. The molecule has 0 aliphatic carbocycles. The van der Waals surface area contributed by atoms with Gasteiger partial charge >= 0.3 is 0 Å². The van der Waals surface area contributed by atoms with E-state index in [0.29, 0.717) is 0 Å². The van der Waals surface area contributed by atoms with Gasteiger partial charge in [0.1, 0.15) is 0 Å². The number of hydrogen-bond acceptors (Lipinski definition) is 2. The molecule has 0 aromatic heterocycles. The highest BCUT2D eigenvalue weighted by Crippen LogP contribution is 2.11. The highest BCUT2D eigenvalue weighted by atomic mass is 16.1. The molecule has 0 bridgehead atoms. The third-order valence-corrected chi connectivity index (χ3v) is 1.19. The minimum Gasteiger partial charge on any atom is -0.270 e. The first kappa shape index (κ1) is 6.13. The maximum atomic E-state index is 10.6. The van der Waals surface area contributed by atoms with E-state index in [4.69, 9.17) is 0 Å². The Morgan fingerprint density at radius 3 is 2.67 bits per heavy atom. The number of allylic oxidation sites excluding steroid dienone is 1. The Balaban J connectivity index is 2.82. The molecule has 0 saturated carbocycles. The second-order valence-corrected chi connectivity index (χ2v) is 2.13. The zero-order valence-electron chi connectivity index (χ0n) is 5.46. The van der Waals surface area contributed by atoms with Gasteiger partial charge in [-0.2, -0.15) is 5.11 Å². The average molecular weight is 124 g/mol. The van der Waals surface area contributed by atoms with Crippen molar-refractivity contribution < 1.29 is 4.79 Å². The second kappa shape index (κ2) is 2.09. The summed E-state index contributed by atoms with van der Waals surface area (Å²) in [5.74, 6) is -0.233. The highest BCUT2D eigenvalue weighted by molar-refractivity contribution is 5.81. The van der Waals surface area contributed by atoms with E-state index in [0.717, 1.165) is 5.70 Å². The average Bonchev–Trinajstić information content (AvgIpc) is 1.80. The molecule has 1 aliphatic heterocycles. The van der Waals surface area contributed by atoms with Gasteiger partial charge in [-0.05, 0) is 19.9 Å². The molecule has 9 heavy (non-hydrogen) atoms. The molecule has 3 heteroatoms. The van der Waals surface area contributed by atoms with Gasteiger partial charge in [-0.1, -0.05) is 0 Å². The zero-order chi connectivity index (χ0) is 6.85. The molecule has 0 aromatic rings. The Morgan fingerprint density at radius 2 is 2.22 bits per heavy atom. The summed E-state index contributed by atoms with van der Waals surface area (Å²) >= 11 is 0. The summed E-state index contributed by atoms with van der Waals surface area (Å²) in [6.07, 6.45) is 1.80. The molecule has 0 unspecified atom stereocenters. The number of carbonyl (C=O) groups excluding carboxylic acids is 1. The minimum absolute atomic E-state index is 0.0810. The van der Waals surface area contributed by atoms with Crippen molar-refractivity contribution in [1.82, 2.24) is 0 Å². The number of amides is 1. The molecule has 0 radical (unpaired) electrons. The predicted molar refractivity (Wildman–Crippen MR) is 32.8 cm³/mol. The van der Waals surface area contributed by atoms with E-state index < -0.39 is 0 Å². The molecular formula is C6H8N2O. The van der Waals surface area contributed by atoms with Crippen LogP contribution in [-0.4, -0.2) is 5.91 Å². The first-order valence-corrected chi connectivity index (χ1v) is 2.84. The SMILES string of the molecule is CC1=C[C@@H](C)C(=O)N=N1. The van der Waals surface area contributed by atoms with Crippen LogP contribution in [0.4, 0.5) is 0 Å². The van der Waals surface area contributed by atoms with Gasteiger partial charge in [0.15, 0.2) is 0 Å². The smallest absolute Gasteiger partial charge is 0.270 e. The van der Waals surface area contributed by atoms with Gasteiger partial charge in [0, 0.05) is 0 Å². The Morgan fingerprint density at radius 1 is 1.56 bits per heavy atom. The zero-order valence-corrected chi connectivity index (χ0v) is 5.46. The number of hydrogen-bond donors (Lipinski definition) is 0. The summed E-state index contributed by atoms with van der Waals surface area (Å²) in [5, 5.41) is 7.01. The van der Waals surface area contributed by atoms with E-state index in [1.54, 1.807) is 6.08 Å². The molecule has 0 spiro atoms. The molecule has 3 nitrogen and oxygen atoms in total. The summed E-state index contributed by atoms with van der Waals surface area (Å²) < 4.78 is 0. The quantitative estimate of drug-likeness (QED) is 0.482. The number of nitrogens with zero attached hydrogens (tertiary/aromatic N) is 2. The van der Waals surface area contributed by atoms with Crippen LogP contribution in [0.2, 0.25) is 0 Å². The lowest BCUT2D eigenvalue weighted by Gasteiger charge is -2.03. The first-order valence-electron chi connectivity index (χ1n) is 2.84. The lowest BCUT2D eigenvalue weighted by molar-refractivity contribution is -0.120. The third kappa shape index (κ3) is 1.22. The van der Waals surface area contributed by atoms with Crippen molar-refractivity contribution in [3.63, 3.8) is 0 Å². The third-order valence-electron chi connectivity index (χ3n) is 1.19. The van der Waals surface area contributed by atoms with Crippen LogP contribution in [-0.2, 0) is 4.79 Å². The van der Waals surface area contributed by atoms with Crippen LogP contribution in [0.1, 0.15) is 13.8 Å². The van der Waals surface area contributed by atoms with Gasteiger partial charge < -0.3 is 0 Å². The van der Waals surface area contributed by atoms with Gasteiger partial charge in [0.05, 0.1) is 11.6 Å². The van der Waals surface area contributed by atoms with E-state index >= 15 is 0 Å². The molecular weight excluding hydrogens is 116 g/mol. The highest BCUT2D eigenvalue weighted by Gasteiger charge is 2.12. The largest absolute Gasteiger partial charge is 0.271 e. The summed E-state index contributed by atoms with van der Waals surface area (Å²) in [7, 11) is 0. The Kier molecular flexibility index (Phi) is 1.42. The van der Waals surface area contributed by atoms with E-state index in [1.807, 2.05) is 13.8 Å². The molecule has 1 heterocycles. The normalized spacial score (nSPS) is 26.2. The molecule has 1 atom stereocenters. The fourth-order valence-electron chi connectivity index (χ4n) is 0.686. The van der Waals surface area contributed by atoms with Gasteiger partial charge in [-0.15, -0.1) is 5.11 Å². The number of rotatable bonds is 0. The fraction of sp³-hybridized carbons (Fsp3) is 0.500. The maximum absolute atomic E-state index is 10.6. The van der Waals surface area contributed by atoms with Gasteiger partial charge in [-0.3, -0.25) is 4.79 Å². The molecule has 0 saturated heterocycles. The molecule has 1 rings (SSSR count). The van der Waals surface area contributed by atoms with Crippen LogP contribution in [0.3, 0.4) is 0 Å². The van der Waals surface area contributed by atoms with Crippen LogP contribution in [0.15, 0.2) is 22.0 Å². The molecule has 0 aromatic carbocycles. The van der Waals surface area contributed by atoms with Crippen molar-refractivity contribution in [3.05, 3.63) is 11.8 Å². The second-order valence-electron chi connectivity index (χ2n) is 2.13. The molecule has 0 N–H and O–H groups in total. The first-order chi connectivity index (χ1) is 4.20. The summed E-state index contributed by atoms with van der Waals surface area (Å²) in [5.41, 5.74) is 0.821. The van der Waals surface area contributed by atoms with Crippen molar-refractivity contribution in [2.24, 2.45) is 16.1 Å². The summed E-state index contributed by atoms with van der Waals surface area (Å²) in [6.45, 7) is 3.64. The molecule has 1 aliphatic rings. The van der Waals surface area contributed by atoms with Crippen LogP contribution in [0.25, 0.3) is 0 Å². The van der Waals surface area contributed by atoms with Crippen LogP contribution in [0, 0.1) is 5.92 Å².